The Morgan fingerprint density at radius 1 is 1.08 bits per heavy atom. The molecule has 132 valence electrons. The molecular formula is C19H27NO4. The summed E-state index contributed by atoms with van der Waals surface area (Å²) in [5.41, 5.74) is 1.49. The quantitative estimate of drug-likeness (QED) is 0.756. The first-order valence-corrected chi connectivity index (χ1v) is 7.78. The number of carbonyl (C=O) groups excluding carboxylic acids is 1. The molecule has 0 aliphatic carbocycles. The van der Waals surface area contributed by atoms with E-state index < -0.39 is 0 Å². The van der Waals surface area contributed by atoms with Crippen molar-refractivity contribution in [3.63, 3.8) is 0 Å². The highest BCUT2D eigenvalue weighted by Gasteiger charge is 2.05. The molecule has 0 aliphatic heterocycles. The molecule has 5 heteroatoms. The highest BCUT2D eigenvalue weighted by molar-refractivity contribution is 5.94. The van der Waals surface area contributed by atoms with Crippen LogP contribution in [0.1, 0.15) is 49.6 Å². The van der Waals surface area contributed by atoms with Crippen molar-refractivity contribution in [3.05, 3.63) is 53.0 Å². The number of allylic oxidation sites excluding steroid dienone is 1. The van der Waals surface area contributed by atoms with Gasteiger partial charge >= 0.3 is 0 Å². The van der Waals surface area contributed by atoms with Crippen LogP contribution >= 0.6 is 0 Å². The van der Waals surface area contributed by atoms with Gasteiger partial charge in [-0.2, -0.15) is 0 Å². The third kappa shape index (κ3) is 8.08. The van der Waals surface area contributed by atoms with E-state index in [4.69, 9.17) is 14.6 Å². The van der Waals surface area contributed by atoms with Crippen LogP contribution in [0.15, 0.2) is 40.3 Å². The summed E-state index contributed by atoms with van der Waals surface area (Å²) in [4.78, 5) is 11.0. The summed E-state index contributed by atoms with van der Waals surface area (Å²) in [5.74, 6) is 1.30. The van der Waals surface area contributed by atoms with Gasteiger partial charge in [-0.1, -0.05) is 19.4 Å². The van der Waals surface area contributed by atoms with Crippen molar-refractivity contribution in [2.24, 2.45) is 0 Å². The Balaban J connectivity index is 0.000000405. The maximum Gasteiger partial charge on any atom is 0.251 e. The van der Waals surface area contributed by atoms with E-state index in [9.17, 15) is 4.79 Å². The summed E-state index contributed by atoms with van der Waals surface area (Å²) in [6.07, 6.45) is 2.02. The molecule has 0 atom stereocenters. The van der Waals surface area contributed by atoms with E-state index in [0.29, 0.717) is 0 Å². The maximum absolute atomic E-state index is 11.0. The van der Waals surface area contributed by atoms with Gasteiger partial charge in [-0.25, -0.2) is 0 Å². The first-order valence-electron chi connectivity index (χ1n) is 7.78. The van der Waals surface area contributed by atoms with Crippen LogP contribution in [0.5, 0.6) is 11.5 Å². The fraction of sp³-hybridized carbons (Fsp3) is 0.316. The normalized spacial score (nSPS) is 8.92. The molecule has 0 spiro atoms. The van der Waals surface area contributed by atoms with Crippen LogP contribution in [-0.2, 0) is 0 Å². The predicted molar refractivity (Wildman–Crippen MR) is 97.3 cm³/mol. The molecule has 5 nitrogen and oxygen atoms in total. The lowest BCUT2D eigenvalue weighted by molar-refractivity contribution is 0.0962. The Kier molecular flexibility index (Phi) is 9.71. The first kappa shape index (κ1) is 21.3. The van der Waals surface area contributed by atoms with Gasteiger partial charge in [0.05, 0.1) is 0 Å². The van der Waals surface area contributed by atoms with Gasteiger partial charge in [-0.15, -0.1) is 0 Å². The molecule has 1 amide bonds. The van der Waals surface area contributed by atoms with Crippen LogP contribution in [0.3, 0.4) is 0 Å². The average Bonchev–Trinajstić information content (AvgIpc) is 2.92. The molecule has 2 aromatic rings. The Hall–Kier alpha value is -2.69. The Morgan fingerprint density at radius 2 is 1.62 bits per heavy atom. The van der Waals surface area contributed by atoms with E-state index in [2.05, 4.69) is 19.2 Å². The molecule has 1 heterocycles. The molecule has 1 aromatic heterocycles. The number of phenols is 2. The molecule has 0 saturated heterocycles. The van der Waals surface area contributed by atoms with Crippen molar-refractivity contribution < 1.29 is 19.4 Å². The number of furan rings is 1. The van der Waals surface area contributed by atoms with Gasteiger partial charge in [-0.05, 0) is 51.1 Å². The van der Waals surface area contributed by atoms with Gasteiger partial charge in [-0.3, -0.25) is 4.79 Å². The van der Waals surface area contributed by atoms with E-state index >= 15 is 0 Å². The van der Waals surface area contributed by atoms with Gasteiger partial charge in [0.1, 0.15) is 23.0 Å². The number of rotatable bonds is 2. The fourth-order valence-corrected chi connectivity index (χ4v) is 1.69. The standard InChI is InChI=1S/C9H12O.C8H9NO3.C2H6/c1-7(2)6-9-5-4-8(3)10-9;1-9-8(12)5-2-6(10)4-7(11)3-5;1-2/h4-6H,1-3H3;2-4,10-11H,1H3,(H,9,12);1-2H3. The maximum atomic E-state index is 11.0. The zero-order valence-corrected chi connectivity index (χ0v) is 15.2. The van der Waals surface area contributed by atoms with Gasteiger partial charge in [0.25, 0.3) is 5.91 Å². The number of carbonyl (C=O) groups is 1. The second-order valence-electron chi connectivity index (χ2n) is 4.99. The van der Waals surface area contributed by atoms with Crippen molar-refractivity contribution in [1.29, 1.82) is 0 Å². The van der Waals surface area contributed by atoms with Gasteiger partial charge < -0.3 is 19.9 Å². The van der Waals surface area contributed by atoms with Crippen molar-refractivity contribution in [1.82, 2.24) is 5.32 Å². The minimum absolute atomic E-state index is 0.131. The van der Waals surface area contributed by atoms with Crippen molar-refractivity contribution in [3.8, 4) is 11.5 Å². The van der Waals surface area contributed by atoms with Crippen LogP contribution in [0.4, 0.5) is 0 Å². The van der Waals surface area contributed by atoms with Gasteiger partial charge in [0, 0.05) is 18.7 Å². The van der Waals surface area contributed by atoms with Gasteiger partial charge in [0.2, 0.25) is 0 Å². The zero-order valence-electron chi connectivity index (χ0n) is 15.2. The van der Waals surface area contributed by atoms with E-state index in [0.717, 1.165) is 17.6 Å². The van der Waals surface area contributed by atoms with Crippen molar-refractivity contribution >= 4 is 12.0 Å². The fourth-order valence-electron chi connectivity index (χ4n) is 1.69. The number of amides is 1. The minimum atomic E-state index is -0.346. The second-order valence-corrected chi connectivity index (χ2v) is 4.99. The first-order chi connectivity index (χ1) is 11.3. The van der Waals surface area contributed by atoms with E-state index in [1.54, 1.807) is 0 Å². The lowest BCUT2D eigenvalue weighted by Crippen LogP contribution is -2.17. The molecule has 24 heavy (non-hydrogen) atoms. The SMILES string of the molecule is CC.CC(C)=Cc1ccc(C)o1.CNC(=O)c1cc(O)cc(O)c1. The third-order valence-corrected chi connectivity index (χ3v) is 2.58. The molecular weight excluding hydrogens is 306 g/mol. The summed E-state index contributed by atoms with van der Waals surface area (Å²) < 4.78 is 5.32. The molecule has 0 fully saturated rings. The molecule has 0 saturated carbocycles. The molecule has 0 bridgehead atoms. The zero-order chi connectivity index (χ0) is 18.7. The minimum Gasteiger partial charge on any atom is -0.508 e. The summed E-state index contributed by atoms with van der Waals surface area (Å²) in [6.45, 7) is 10.1. The molecule has 0 unspecified atom stereocenters. The van der Waals surface area contributed by atoms with Crippen LogP contribution in [0.25, 0.3) is 6.08 Å². The number of phenolic OH excluding ortho intramolecular Hbond substituents is 2. The molecule has 2 rings (SSSR count). The molecule has 0 aliphatic rings. The van der Waals surface area contributed by atoms with Gasteiger partial charge in [0.15, 0.2) is 0 Å². The summed E-state index contributed by atoms with van der Waals surface area (Å²) in [7, 11) is 1.48. The summed E-state index contributed by atoms with van der Waals surface area (Å²) >= 11 is 0. The number of hydrogen-bond acceptors (Lipinski definition) is 4. The number of aromatic hydroxyl groups is 2. The van der Waals surface area contributed by atoms with Crippen LogP contribution in [0, 0.1) is 6.92 Å². The topological polar surface area (TPSA) is 82.7 Å². The lowest BCUT2D eigenvalue weighted by Gasteiger charge is -2.00. The van der Waals surface area contributed by atoms with Crippen LogP contribution < -0.4 is 5.32 Å². The summed E-state index contributed by atoms with van der Waals surface area (Å²) in [5, 5.41) is 20.4. The average molecular weight is 333 g/mol. The highest BCUT2D eigenvalue weighted by atomic mass is 16.3. The molecule has 0 radical (unpaired) electrons. The van der Waals surface area contributed by atoms with E-state index in [1.165, 1.54) is 24.8 Å². The summed E-state index contributed by atoms with van der Waals surface area (Å²) in [6, 6.07) is 7.65. The monoisotopic (exact) mass is 333 g/mol. The number of hydrogen-bond donors (Lipinski definition) is 3. The van der Waals surface area contributed by atoms with E-state index in [-0.39, 0.29) is 23.0 Å². The number of nitrogens with one attached hydrogen (secondary N) is 1. The molecule has 3 N–H and O–H groups in total. The third-order valence-electron chi connectivity index (χ3n) is 2.58. The Labute approximate surface area is 143 Å². The largest absolute Gasteiger partial charge is 0.508 e. The van der Waals surface area contributed by atoms with Crippen LogP contribution in [-0.4, -0.2) is 23.2 Å². The Morgan fingerprint density at radius 3 is 2.00 bits per heavy atom. The smallest absolute Gasteiger partial charge is 0.251 e. The van der Waals surface area contributed by atoms with Crippen molar-refractivity contribution in [2.75, 3.05) is 7.05 Å². The van der Waals surface area contributed by atoms with Crippen LogP contribution in [0.2, 0.25) is 0 Å². The number of benzene rings is 1. The van der Waals surface area contributed by atoms with E-state index in [1.807, 2.05) is 39.0 Å². The lowest BCUT2D eigenvalue weighted by atomic mass is 10.2. The number of aryl methyl sites for hydroxylation is 1. The Bertz CT molecular complexity index is 648. The second kappa shape index (κ2) is 10.9. The predicted octanol–water partition coefficient (Wildman–Crippen LogP) is 4.49. The van der Waals surface area contributed by atoms with Crippen molar-refractivity contribution in [2.45, 2.75) is 34.6 Å². The highest BCUT2D eigenvalue weighted by Crippen LogP contribution is 2.19. The molecule has 1 aromatic carbocycles.